The summed E-state index contributed by atoms with van der Waals surface area (Å²) in [6.07, 6.45) is 5.26. The van der Waals surface area contributed by atoms with Crippen molar-refractivity contribution in [3.05, 3.63) is 53.7 Å². The van der Waals surface area contributed by atoms with E-state index in [1.54, 1.807) is 4.90 Å². The quantitative estimate of drug-likeness (QED) is 0.221. The molecule has 55 heavy (non-hydrogen) atoms. The molecule has 0 spiro atoms. The average molecular weight is 752 g/mol. The third-order valence-electron chi connectivity index (χ3n) is 11.3. The van der Waals surface area contributed by atoms with Gasteiger partial charge in [-0.1, -0.05) is 36.4 Å². The predicted octanol–water partition coefficient (Wildman–Crippen LogP) is 7.03. The zero-order chi connectivity index (χ0) is 39.0. The van der Waals surface area contributed by atoms with Crippen molar-refractivity contribution in [3.8, 4) is 12.1 Å². The molecule has 294 valence electrons. The molecule has 4 heterocycles. The van der Waals surface area contributed by atoms with Crippen molar-refractivity contribution in [2.24, 2.45) is 0 Å². The Kier molecular flexibility index (Phi) is 10.9. The minimum absolute atomic E-state index is 0.168. The molecule has 1 aliphatic carbocycles. The maximum atomic E-state index is 13.0. The number of benzene rings is 2. The van der Waals surface area contributed by atoms with Crippen LogP contribution in [0.1, 0.15) is 97.7 Å². The van der Waals surface area contributed by atoms with E-state index < -0.39 is 16.8 Å². The van der Waals surface area contributed by atoms with Crippen LogP contribution >= 0.6 is 0 Å². The Morgan fingerprint density at radius 2 is 1.62 bits per heavy atom. The summed E-state index contributed by atoms with van der Waals surface area (Å²) in [5.74, 6) is 0.665. The van der Waals surface area contributed by atoms with Crippen LogP contribution in [0.2, 0.25) is 0 Å². The highest BCUT2D eigenvalue weighted by Crippen LogP contribution is 2.41. The molecular weight excluding hydrogens is 695 g/mol. The minimum Gasteiger partial charge on any atom is -0.460 e. The number of carbonyl (C=O) groups excluding carboxylic acids is 2. The zero-order valence-electron chi connectivity index (χ0n) is 33.5. The largest absolute Gasteiger partial charge is 0.460 e. The van der Waals surface area contributed by atoms with Gasteiger partial charge in [0.1, 0.15) is 22.6 Å². The molecule has 0 radical (unpaired) electrons. The second-order valence-corrected chi connectivity index (χ2v) is 17.7. The van der Waals surface area contributed by atoms with E-state index in [0.29, 0.717) is 31.7 Å². The van der Waals surface area contributed by atoms with E-state index in [9.17, 15) is 14.9 Å². The second-order valence-electron chi connectivity index (χ2n) is 17.7. The molecule has 3 aromatic rings. The Bertz CT molecular complexity index is 1910. The molecule has 2 aromatic carbocycles. The number of piperazine rings is 1. The molecule has 2 saturated heterocycles. The van der Waals surface area contributed by atoms with Gasteiger partial charge in [-0.3, -0.25) is 9.69 Å². The van der Waals surface area contributed by atoms with Gasteiger partial charge in [0.15, 0.2) is 0 Å². The first kappa shape index (κ1) is 38.6. The number of piperidine rings is 1. The first-order valence-corrected chi connectivity index (χ1v) is 20.1. The molecule has 1 saturated carbocycles. The van der Waals surface area contributed by atoms with Crippen LogP contribution in [-0.2, 0) is 27.2 Å². The molecule has 12 heteroatoms. The Labute approximate surface area is 325 Å². The van der Waals surface area contributed by atoms with Gasteiger partial charge in [-0.25, -0.2) is 4.79 Å². The summed E-state index contributed by atoms with van der Waals surface area (Å²) < 4.78 is 18.1. The number of ether oxygens (including phenoxy) is 3. The topological polar surface area (TPSA) is 124 Å². The van der Waals surface area contributed by atoms with Gasteiger partial charge in [0, 0.05) is 61.9 Å². The van der Waals surface area contributed by atoms with Gasteiger partial charge in [0.25, 0.3) is 0 Å². The molecule has 1 atom stereocenters. The number of carbonyl (C=O) groups is 2. The number of anilines is 2. The molecule has 0 unspecified atom stereocenters. The van der Waals surface area contributed by atoms with Gasteiger partial charge in [0.2, 0.25) is 0 Å². The molecule has 4 aliphatic rings. The standard InChI is InChI=1S/C43H57N7O5/c1-41(2,3)53-37(51)27-43(19-10-20-43)54-39-45-35-29-49(36-14-9-12-30-11-7-8-13-33(30)36)24-18-34(35)38(46-39)47-22-16-31(17-23-47)48-25-26-50(32(28-48)15-21-44)40(52)55-42(4,5)6/h7-9,11-14,31-32H,10,15-20,22-29H2,1-6H3/t32-/m0/s1. The number of hydrogen-bond acceptors (Lipinski definition) is 11. The maximum Gasteiger partial charge on any atom is 0.410 e. The van der Waals surface area contributed by atoms with E-state index >= 15 is 0 Å². The van der Waals surface area contributed by atoms with E-state index in [1.807, 2.05) is 41.5 Å². The number of esters is 1. The number of nitrogens with zero attached hydrogens (tertiary/aromatic N) is 7. The molecular formula is C43H57N7O5. The van der Waals surface area contributed by atoms with Crippen LogP contribution in [0.5, 0.6) is 6.01 Å². The van der Waals surface area contributed by atoms with Crippen LogP contribution in [0, 0.1) is 11.3 Å². The highest BCUT2D eigenvalue weighted by atomic mass is 16.6. The van der Waals surface area contributed by atoms with E-state index in [-0.39, 0.29) is 30.9 Å². The van der Waals surface area contributed by atoms with Crippen molar-refractivity contribution in [2.45, 2.75) is 128 Å². The minimum atomic E-state index is -0.674. The van der Waals surface area contributed by atoms with Crippen LogP contribution in [0.3, 0.4) is 0 Å². The molecule has 3 fully saturated rings. The van der Waals surface area contributed by atoms with Crippen molar-refractivity contribution in [1.82, 2.24) is 19.8 Å². The smallest absolute Gasteiger partial charge is 0.410 e. The number of fused-ring (bicyclic) bond motifs is 2. The van der Waals surface area contributed by atoms with Crippen molar-refractivity contribution in [2.75, 3.05) is 49.1 Å². The van der Waals surface area contributed by atoms with Gasteiger partial charge in [-0.2, -0.15) is 15.2 Å². The van der Waals surface area contributed by atoms with E-state index in [4.69, 9.17) is 24.2 Å². The lowest BCUT2D eigenvalue weighted by Crippen LogP contribution is -2.59. The number of amides is 1. The Morgan fingerprint density at radius 3 is 2.31 bits per heavy atom. The van der Waals surface area contributed by atoms with E-state index in [0.717, 1.165) is 81.8 Å². The number of hydrogen-bond donors (Lipinski definition) is 0. The fourth-order valence-corrected chi connectivity index (χ4v) is 8.60. The second kappa shape index (κ2) is 15.5. The molecule has 7 rings (SSSR count). The third kappa shape index (κ3) is 8.93. The molecule has 12 nitrogen and oxygen atoms in total. The Balaban J connectivity index is 1.11. The lowest BCUT2D eigenvalue weighted by molar-refractivity contribution is -0.162. The molecule has 0 N–H and O–H groups in total. The monoisotopic (exact) mass is 751 g/mol. The fraction of sp³-hybridized carbons (Fsp3) is 0.605. The first-order valence-electron chi connectivity index (χ1n) is 20.1. The zero-order valence-corrected chi connectivity index (χ0v) is 33.5. The lowest BCUT2D eigenvalue weighted by Gasteiger charge is -2.46. The fourth-order valence-electron chi connectivity index (χ4n) is 8.60. The summed E-state index contributed by atoms with van der Waals surface area (Å²) in [6, 6.07) is 17.7. The molecule has 3 aliphatic heterocycles. The first-order chi connectivity index (χ1) is 26.2. The van der Waals surface area contributed by atoms with Gasteiger partial charge < -0.3 is 28.9 Å². The number of aromatic nitrogens is 2. The lowest BCUT2D eigenvalue weighted by atomic mass is 9.77. The summed E-state index contributed by atoms with van der Waals surface area (Å²) in [7, 11) is 0. The van der Waals surface area contributed by atoms with E-state index in [2.05, 4.69) is 63.2 Å². The van der Waals surface area contributed by atoms with Crippen molar-refractivity contribution in [1.29, 1.82) is 5.26 Å². The summed E-state index contributed by atoms with van der Waals surface area (Å²) in [5, 5.41) is 12.1. The van der Waals surface area contributed by atoms with Crippen LogP contribution in [0.25, 0.3) is 10.8 Å². The molecule has 1 amide bonds. The summed E-state index contributed by atoms with van der Waals surface area (Å²) in [5.41, 5.74) is 1.48. The Hall–Kier alpha value is -4.63. The van der Waals surface area contributed by atoms with Crippen molar-refractivity contribution < 1.29 is 23.8 Å². The van der Waals surface area contributed by atoms with Crippen LogP contribution in [0.15, 0.2) is 42.5 Å². The number of rotatable bonds is 8. The number of nitriles is 1. The van der Waals surface area contributed by atoms with Crippen LogP contribution in [0.4, 0.5) is 16.3 Å². The van der Waals surface area contributed by atoms with Gasteiger partial charge in [0.05, 0.1) is 37.2 Å². The summed E-state index contributed by atoms with van der Waals surface area (Å²) >= 11 is 0. The van der Waals surface area contributed by atoms with E-state index in [1.165, 1.54) is 16.5 Å². The SMILES string of the molecule is CC(C)(C)OC(=O)CC1(Oc2nc3c(c(N4CCC(N5CCN(C(=O)OC(C)(C)C)[C@@H](CC#N)C5)CC4)n2)CCN(c2cccc4ccccc24)C3)CCC1. The van der Waals surface area contributed by atoms with Gasteiger partial charge in [-0.05, 0) is 91.5 Å². The van der Waals surface area contributed by atoms with Gasteiger partial charge >= 0.3 is 18.1 Å². The average Bonchev–Trinajstić information content (AvgIpc) is 3.12. The van der Waals surface area contributed by atoms with Crippen molar-refractivity contribution in [3.63, 3.8) is 0 Å². The van der Waals surface area contributed by atoms with Gasteiger partial charge in [-0.15, -0.1) is 0 Å². The highest BCUT2D eigenvalue weighted by molar-refractivity contribution is 5.94. The summed E-state index contributed by atoms with van der Waals surface area (Å²) in [6.45, 7) is 16.3. The van der Waals surface area contributed by atoms with Crippen LogP contribution in [-0.4, -0.2) is 100.0 Å². The van der Waals surface area contributed by atoms with Crippen molar-refractivity contribution >= 4 is 34.3 Å². The summed E-state index contributed by atoms with van der Waals surface area (Å²) in [4.78, 5) is 45.3. The normalized spacial score (nSPS) is 20.7. The third-order valence-corrected chi connectivity index (χ3v) is 11.3. The Morgan fingerprint density at radius 1 is 0.891 bits per heavy atom. The predicted molar refractivity (Wildman–Crippen MR) is 212 cm³/mol. The molecule has 0 bridgehead atoms. The highest BCUT2D eigenvalue weighted by Gasteiger charge is 2.44. The molecule has 1 aromatic heterocycles. The maximum absolute atomic E-state index is 13.0. The van der Waals surface area contributed by atoms with Crippen LogP contribution < -0.4 is 14.5 Å².